The summed E-state index contributed by atoms with van der Waals surface area (Å²) >= 11 is 0. The molecule has 6 nitrogen and oxygen atoms in total. The van der Waals surface area contributed by atoms with E-state index in [0.717, 1.165) is 47.9 Å². The van der Waals surface area contributed by atoms with Crippen LogP contribution in [0.25, 0.3) is 11.8 Å². The molecule has 1 unspecified atom stereocenters. The van der Waals surface area contributed by atoms with Crippen molar-refractivity contribution in [3.8, 4) is 11.4 Å². The van der Waals surface area contributed by atoms with Crippen LogP contribution in [0.1, 0.15) is 35.2 Å². The van der Waals surface area contributed by atoms with Gasteiger partial charge < -0.3 is 19.0 Å². The number of fused-ring (bicyclic) bond motifs is 1. The van der Waals surface area contributed by atoms with E-state index < -0.39 is 5.72 Å². The quantitative estimate of drug-likeness (QED) is 0.602. The van der Waals surface area contributed by atoms with Crippen LogP contribution in [0.4, 0.5) is 0 Å². The predicted octanol–water partition coefficient (Wildman–Crippen LogP) is 4.80. The molecule has 0 bridgehead atoms. The molecule has 2 aliphatic rings. The minimum atomic E-state index is -0.480. The van der Waals surface area contributed by atoms with Crippen molar-refractivity contribution < 1.29 is 9.57 Å². The smallest absolute Gasteiger partial charge is 0.237 e. The fourth-order valence-electron chi connectivity index (χ4n) is 4.45. The van der Waals surface area contributed by atoms with E-state index in [9.17, 15) is 0 Å². The number of hydrogen-bond acceptors (Lipinski definition) is 5. The summed E-state index contributed by atoms with van der Waals surface area (Å²) in [5.41, 5.74) is 4.87. The number of benzene rings is 2. The molecule has 0 N–H and O–H groups in total. The van der Waals surface area contributed by atoms with Crippen molar-refractivity contribution in [2.24, 2.45) is 5.16 Å². The molecular formula is C25H26N4O2. The van der Waals surface area contributed by atoms with Crippen LogP contribution in [0, 0.1) is 13.8 Å². The summed E-state index contributed by atoms with van der Waals surface area (Å²) in [6.45, 7) is 5.01. The highest BCUT2D eigenvalue weighted by Crippen LogP contribution is 2.44. The molecule has 0 spiro atoms. The van der Waals surface area contributed by atoms with E-state index in [-0.39, 0.29) is 0 Å². The lowest BCUT2D eigenvalue weighted by atomic mass is 9.98. The number of aromatic nitrogens is 2. The Morgan fingerprint density at radius 2 is 2.03 bits per heavy atom. The maximum Gasteiger partial charge on any atom is 0.237 e. The van der Waals surface area contributed by atoms with Crippen molar-refractivity contribution in [3.05, 3.63) is 83.4 Å². The van der Waals surface area contributed by atoms with Gasteiger partial charge in [-0.1, -0.05) is 47.1 Å². The lowest BCUT2D eigenvalue weighted by Crippen LogP contribution is -2.40. The molecule has 3 heterocycles. The van der Waals surface area contributed by atoms with Crippen molar-refractivity contribution in [2.45, 2.75) is 32.4 Å². The molecule has 1 aromatic heterocycles. The molecule has 158 valence electrons. The second-order valence-electron chi connectivity index (χ2n) is 8.14. The van der Waals surface area contributed by atoms with Gasteiger partial charge in [-0.3, -0.25) is 0 Å². The van der Waals surface area contributed by atoms with Gasteiger partial charge in [-0.15, -0.1) is 0 Å². The monoisotopic (exact) mass is 414 g/mol. The van der Waals surface area contributed by atoms with Gasteiger partial charge in [0.15, 0.2) is 5.84 Å². The first-order valence-corrected chi connectivity index (χ1v) is 10.6. The molecule has 1 atom stereocenters. The minimum absolute atomic E-state index is 0.480. The highest BCUT2D eigenvalue weighted by Gasteiger charge is 2.50. The van der Waals surface area contributed by atoms with Crippen molar-refractivity contribution in [1.82, 2.24) is 14.5 Å². The summed E-state index contributed by atoms with van der Waals surface area (Å²) in [6.07, 6.45) is 9.87. The summed E-state index contributed by atoms with van der Waals surface area (Å²) in [4.78, 5) is 12.6. The zero-order valence-corrected chi connectivity index (χ0v) is 18.1. The third kappa shape index (κ3) is 3.38. The molecular weight excluding hydrogens is 388 g/mol. The Labute approximate surface area is 182 Å². The molecule has 2 aromatic carbocycles. The molecule has 1 saturated heterocycles. The van der Waals surface area contributed by atoms with Crippen molar-refractivity contribution in [3.63, 3.8) is 0 Å². The topological polar surface area (TPSA) is 51.9 Å². The minimum Gasteiger partial charge on any atom is -0.495 e. The third-order valence-electron chi connectivity index (χ3n) is 5.99. The summed E-state index contributed by atoms with van der Waals surface area (Å²) in [6, 6.07) is 14.7. The van der Waals surface area contributed by atoms with Crippen LogP contribution in [0.5, 0.6) is 5.75 Å². The van der Waals surface area contributed by atoms with Gasteiger partial charge in [0.05, 0.1) is 24.8 Å². The van der Waals surface area contributed by atoms with E-state index in [0.29, 0.717) is 0 Å². The largest absolute Gasteiger partial charge is 0.495 e. The van der Waals surface area contributed by atoms with E-state index in [1.165, 1.54) is 11.1 Å². The van der Waals surface area contributed by atoms with E-state index in [2.05, 4.69) is 58.4 Å². The molecule has 5 rings (SSSR count). The molecule has 31 heavy (non-hydrogen) atoms. The Morgan fingerprint density at radius 3 is 2.81 bits per heavy atom. The molecule has 0 aliphatic carbocycles. The van der Waals surface area contributed by atoms with Crippen LogP contribution in [-0.4, -0.2) is 33.9 Å². The number of methoxy groups -OCH3 is 1. The Hall–Kier alpha value is -3.54. The van der Waals surface area contributed by atoms with Gasteiger partial charge in [-0.05, 0) is 44.0 Å². The van der Waals surface area contributed by atoms with Gasteiger partial charge in [0, 0.05) is 24.7 Å². The number of hydrogen-bond donors (Lipinski definition) is 0. The Balaban J connectivity index is 1.40. The van der Waals surface area contributed by atoms with Crippen LogP contribution in [0.15, 0.2) is 66.2 Å². The van der Waals surface area contributed by atoms with Gasteiger partial charge in [0.25, 0.3) is 0 Å². The average Bonchev–Trinajstić information content (AvgIpc) is 3.48. The van der Waals surface area contributed by atoms with Crippen molar-refractivity contribution in [2.75, 3.05) is 13.7 Å². The summed E-state index contributed by atoms with van der Waals surface area (Å²) < 4.78 is 7.60. The molecule has 0 radical (unpaired) electrons. The number of amidine groups is 1. The fourth-order valence-corrected chi connectivity index (χ4v) is 4.45. The van der Waals surface area contributed by atoms with Crippen LogP contribution < -0.4 is 4.74 Å². The van der Waals surface area contributed by atoms with Crippen LogP contribution >= 0.6 is 0 Å². The molecule has 1 fully saturated rings. The van der Waals surface area contributed by atoms with Crippen molar-refractivity contribution in [1.29, 1.82) is 0 Å². The second kappa shape index (κ2) is 7.61. The number of oxime groups is 1. The van der Waals surface area contributed by atoms with Gasteiger partial charge in [-0.25, -0.2) is 4.98 Å². The van der Waals surface area contributed by atoms with Gasteiger partial charge in [0.1, 0.15) is 5.75 Å². The number of imidazole rings is 1. The summed E-state index contributed by atoms with van der Waals surface area (Å²) in [5.74, 6) is 1.65. The SMILES string of the molecule is COc1cc(/C=C/C2=NOC3(c4cccc(C)c4)CCCN23)ccc1-n1cnc(C)c1. The summed E-state index contributed by atoms with van der Waals surface area (Å²) in [7, 11) is 1.69. The number of ether oxygens (including phenoxy) is 1. The zero-order valence-electron chi connectivity index (χ0n) is 18.1. The van der Waals surface area contributed by atoms with Crippen LogP contribution in [0.3, 0.4) is 0 Å². The Morgan fingerprint density at radius 1 is 1.13 bits per heavy atom. The third-order valence-corrected chi connectivity index (χ3v) is 5.99. The van der Waals surface area contributed by atoms with E-state index in [1.54, 1.807) is 13.4 Å². The number of rotatable bonds is 5. The first-order valence-electron chi connectivity index (χ1n) is 10.6. The highest BCUT2D eigenvalue weighted by atomic mass is 16.7. The lowest BCUT2D eigenvalue weighted by molar-refractivity contribution is -0.0847. The predicted molar refractivity (Wildman–Crippen MR) is 121 cm³/mol. The Bertz CT molecular complexity index is 1180. The van der Waals surface area contributed by atoms with Crippen molar-refractivity contribution >= 4 is 11.9 Å². The lowest BCUT2D eigenvalue weighted by Gasteiger charge is -2.31. The van der Waals surface area contributed by atoms with Gasteiger partial charge >= 0.3 is 0 Å². The first-order chi connectivity index (χ1) is 15.1. The second-order valence-corrected chi connectivity index (χ2v) is 8.14. The van der Waals surface area contributed by atoms with E-state index in [1.807, 2.05) is 35.9 Å². The molecule has 0 amide bonds. The van der Waals surface area contributed by atoms with Crippen LogP contribution in [0.2, 0.25) is 0 Å². The average molecular weight is 415 g/mol. The fraction of sp³-hybridized carbons (Fsp3) is 0.280. The number of nitrogens with zero attached hydrogens (tertiary/aromatic N) is 4. The summed E-state index contributed by atoms with van der Waals surface area (Å²) in [5, 5.41) is 4.44. The molecule has 3 aromatic rings. The van der Waals surface area contributed by atoms with Gasteiger partial charge in [0.2, 0.25) is 5.72 Å². The first kappa shape index (κ1) is 19.4. The standard InChI is InChI=1S/C25H26N4O2/c1-18-6-4-7-21(14-18)25-12-5-13-29(25)24(27-31-25)11-9-20-8-10-22(23(15-20)30-3)28-16-19(2)26-17-28/h4,6-11,14-17H,5,12-13H2,1-3H3/b11-9+. The highest BCUT2D eigenvalue weighted by molar-refractivity contribution is 5.97. The van der Waals surface area contributed by atoms with Crippen LogP contribution in [-0.2, 0) is 10.6 Å². The normalized spacial score (nSPS) is 20.1. The van der Waals surface area contributed by atoms with E-state index in [4.69, 9.17) is 9.57 Å². The van der Waals surface area contributed by atoms with Gasteiger partial charge in [-0.2, -0.15) is 0 Å². The molecule has 6 heteroatoms. The maximum absolute atomic E-state index is 6.06. The molecule has 2 aliphatic heterocycles. The number of aryl methyl sites for hydroxylation is 2. The van der Waals surface area contributed by atoms with E-state index >= 15 is 0 Å². The Kier molecular flexibility index (Phi) is 4.77. The zero-order chi connectivity index (χ0) is 21.4. The maximum atomic E-state index is 6.06. The molecule has 0 saturated carbocycles.